The van der Waals surface area contributed by atoms with Gasteiger partial charge in [-0.25, -0.2) is 13.1 Å². The third-order valence-electron chi connectivity index (χ3n) is 5.49. The van der Waals surface area contributed by atoms with E-state index in [0.29, 0.717) is 23.0 Å². The van der Waals surface area contributed by atoms with E-state index in [0.717, 1.165) is 31.5 Å². The van der Waals surface area contributed by atoms with Crippen molar-refractivity contribution in [3.05, 3.63) is 42.0 Å². The van der Waals surface area contributed by atoms with Crippen LogP contribution in [0.15, 0.2) is 41.3 Å². The summed E-state index contributed by atoms with van der Waals surface area (Å²) < 4.78 is 50.0. The SMILES string of the molecule is COc1ccc(S(=O)(=O)NCC(c2ccc3c(c2)OCO3)N2CCCC2)cc1OC. The Morgan fingerprint density at radius 2 is 1.73 bits per heavy atom. The van der Waals surface area contributed by atoms with Gasteiger partial charge in [0.15, 0.2) is 23.0 Å². The molecule has 0 saturated carbocycles. The van der Waals surface area contributed by atoms with Crippen LogP contribution in [0.3, 0.4) is 0 Å². The zero-order valence-corrected chi connectivity index (χ0v) is 17.9. The fourth-order valence-corrected chi connectivity index (χ4v) is 4.94. The largest absolute Gasteiger partial charge is 0.493 e. The van der Waals surface area contributed by atoms with Gasteiger partial charge in [0.2, 0.25) is 16.8 Å². The molecule has 2 heterocycles. The second kappa shape index (κ2) is 8.71. The van der Waals surface area contributed by atoms with Crippen LogP contribution in [-0.4, -0.2) is 54.0 Å². The van der Waals surface area contributed by atoms with Crippen molar-refractivity contribution in [1.82, 2.24) is 9.62 Å². The summed E-state index contributed by atoms with van der Waals surface area (Å²) in [6, 6.07) is 10.3. The number of rotatable bonds is 8. The lowest BCUT2D eigenvalue weighted by molar-refractivity contribution is 0.173. The maximum atomic E-state index is 13.0. The molecule has 0 amide bonds. The van der Waals surface area contributed by atoms with Crippen LogP contribution in [0, 0.1) is 0 Å². The lowest BCUT2D eigenvalue weighted by atomic mass is 10.1. The molecule has 0 spiro atoms. The topological polar surface area (TPSA) is 86.3 Å². The van der Waals surface area contributed by atoms with Crippen LogP contribution < -0.4 is 23.7 Å². The molecule has 9 heteroatoms. The van der Waals surface area contributed by atoms with Crippen molar-refractivity contribution in [2.75, 3.05) is 40.6 Å². The highest BCUT2D eigenvalue weighted by atomic mass is 32.2. The molecular formula is C21H26N2O6S. The van der Waals surface area contributed by atoms with Crippen molar-refractivity contribution < 1.29 is 27.4 Å². The maximum absolute atomic E-state index is 13.0. The van der Waals surface area contributed by atoms with Crippen LogP contribution in [0.4, 0.5) is 0 Å². The Kier molecular flexibility index (Phi) is 6.03. The fourth-order valence-electron chi connectivity index (χ4n) is 3.89. The van der Waals surface area contributed by atoms with Crippen LogP contribution in [0.25, 0.3) is 0 Å². The average molecular weight is 435 g/mol. The highest BCUT2D eigenvalue weighted by molar-refractivity contribution is 7.89. The highest BCUT2D eigenvalue weighted by Gasteiger charge is 2.27. The third-order valence-corrected chi connectivity index (χ3v) is 6.92. The van der Waals surface area contributed by atoms with Gasteiger partial charge in [-0.15, -0.1) is 0 Å². The van der Waals surface area contributed by atoms with E-state index < -0.39 is 10.0 Å². The number of hydrogen-bond donors (Lipinski definition) is 1. The number of ether oxygens (including phenoxy) is 4. The molecule has 2 aromatic carbocycles. The normalized spacial score (nSPS) is 17.1. The monoisotopic (exact) mass is 434 g/mol. The molecule has 0 aliphatic carbocycles. The van der Waals surface area contributed by atoms with Crippen molar-refractivity contribution in [3.63, 3.8) is 0 Å². The van der Waals surface area contributed by atoms with Gasteiger partial charge < -0.3 is 18.9 Å². The number of methoxy groups -OCH3 is 2. The number of fused-ring (bicyclic) bond motifs is 1. The number of nitrogens with zero attached hydrogens (tertiary/aromatic N) is 1. The van der Waals surface area contributed by atoms with Gasteiger partial charge in [-0.05, 0) is 55.8 Å². The van der Waals surface area contributed by atoms with E-state index in [-0.39, 0.29) is 24.3 Å². The number of likely N-dealkylation sites (tertiary alicyclic amines) is 1. The Labute approximate surface area is 176 Å². The second-order valence-electron chi connectivity index (χ2n) is 7.24. The predicted molar refractivity (Wildman–Crippen MR) is 111 cm³/mol. The first kappa shape index (κ1) is 20.8. The zero-order valence-electron chi connectivity index (χ0n) is 17.1. The van der Waals surface area contributed by atoms with Crippen molar-refractivity contribution in [3.8, 4) is 23.0 Å². The summed E-state index contributed by atoms with van der Waals surface area (Å²) in [4.78, 5) is 2.43. The highest BCUT2D eigenvalue weighted by Crippen LogP contribution is 2.36. The van der Waals surface area contributed by atoms with Crippen LogP contribution in [-0.2, 0) is 10.0 Å². The van der Waals surface area contributed by atoms with Crippen LogP contribution in [0.1, 0.15) is 24.4 Å². The first-order chi connectivity index (χ1) is 14.5. The van der Waals surface area contributed by atoms with Gasteiger partial charge in [0.1, 0.15) is 0 Å². The Morgan fingerprint density at radius 3 is 2.47 bits per heavy atom. The molecule has 1 saturated heterocycles. The first-order valence-electron chi connectivity index (χ1n) is 9.87. The number of sulfonamides is 1. The van der Waals surface area contributed by atoms with E-state index in [1.807, 2.05) is 18.2 Å². The smallest absolute Gasteiger partial charge is 0.240 e. The minimum atomic E-state index is -3.73. The summed E-state index contributed by atoms with van der Waals surface area (Å²) in [5.41, 5.74) is 0.996. The summed E-state index contributed by atoms with van der Waals surface area (Å²) in [6.45, 7) is 2.31. The van der Waals surface area contributed by atoms with Gasteiger partial charge in [0.25, 0.3) is 0 Å². The molecule has 30 heavy (non-hydrogen) atoms. The Hall–Kier alpha value is -2.49. The Balaban J connectivity index is 1.56. The van der Waals surface area contributed by atoms with Crippen molar-refractivity contribution in [1.29, 1.82) is 0 Å². The van der Waals surface area contributed by atoms with Gasteiger partial charge >= 0.3 is 0 Å². The van der Waals surface area contributed by atoms with E-state index >= 15 is 0 Å². The molecule has 0 aromatic heterocycles. The zero-order chi connectivity index (χ0) is 21.1. The minimum Gasteiger partial charge on any atom is -0.493 e. The standard InChI is InChI=1S/C21H26N2O6S/c1-26-18-8-6-16(12-20(18)27-2)30(24,25)22-13-17(23-9-3-4-10-23)15-5-7-19-21(11-15)29-14-28-19/h5-8,11-12,17,22H,3-4,9-10,13-14H2,1-2H3. The number of hydrogen-bond acceptors (Lipinski definition) is 7. The van der Waals surface area contributed by atoms with Crippen molar-refractivity contribution in [2.24, 2.45) is 0 Å². The molecular weight excluding hydrogens is 408 g/mol. The molecule has 8 nitrogen and oxygen atoms in total. The lowest BCUT2D eigenvalue weighted by Crippen LogP contribution is -2.36. The number of nitrogens with one attached hydrogen (secondary N) is 1. The molecule has 4 rings (SSSR count). The minimum absolute atomic E-state index is 0.100. The van der Waals surface area contributed by atoms with Crippen LogP contribution in [0.2, 0.25) is 0 Å². The van der Waals surface area contributed by atoms with Gasteiger partial charge in [-0.2, -0.15) is 0 Å². The van der Waals surface area contributed by atoms with Gasteiger partial charge in [0, 0.05) is 18.7 Å². The summed E-state index contributed by atoms with van der Waals surface area (Å²) >= 11 is 0. The fraction of sp³-hybridized carbons (Fsp3) is 0.429. The molecule has 162 valence electrons. The van der Waals surface area contributed by atoms with Gasteiger partial charge in [-0.3, -0.25) is 4.90 Å². The lowest BCUT2D eigenvalue weighted by Gasteiger charge is -2.28. The van der Waals surface area contributed by atoms with E-state index in [1.165, 1.54) is 26.4 Å². The van der Waals surface area contributed by atoms with Crippen molar-refractivity contribution >= 4 is 10.0 Å². The molecule has 1 unspecified atom stereocenters. The van der Waals surface area contributed by atoms with Gasteiger partial charge in [0.05, 0.1) is 19.1 Å². The predicted octanol–water partition coefficient (Wildman–Crippen LogP) is 2.55. The molecule has 1 atom stereocenters. The molecule has 2 aliphatic heterocycles. The Bertz CT molecular complexity index is 1000. The molecule has 1 N–H and O–H groups in total. The van der Waals surface area contributed by atoms with Gasteiger partial charge in [-0.1, -0.05) is 6.07 Å². The molecule has 2 aromatic rings. The average Bonchev–Trinajstić information content (AvgIpc) is 3.45. The molecule has 2 aliphatic rings. The molecule has 0 bridgehead atoms. The summed E-state index contributed by atoms with van der Waals surface area (Å²) in [6.07, 6.45) is 2.20. The van der Waals surface area contributed by atoms with E-state index in [2.05, 4.69) is 9.62 Å². The van der Waals surface area contributed by atoms with E-state index in [9.17, 15) is 8.42 Å². The number of benzene rings is 2. The quantitative estimate of drug-likeness (QED) is 0.683. The third kappa shape index (κ3) is 4.19. The summed E-state index contributed by atoms with van der Waals surface area (Å²) in [7, 11) is -0.743. The van der Waals surface area contributed by atoms with Crippen molar-refractivity contribution in [2.45, 2.75) is 23.8 Å². The Morgan fingerprint density at radius 1 is 1.00 bits per heavy atom. The molecule has 1 fully saturated rings. The first-order valence-corrected chi connectivity index (χ1v) is 11.4. The van der Waals surface area contributed by atoms with Crippen LogP contribution in [0.5, 0.6) is 23.0 Å². The summed E-state index contributed by atoms with van der Waals surface area (Å²) in [5, 5.41) is 0. The van der Waals surface area contributed by atoms with Crippen LogP contribution >= 0.6 is 0 Å². The maximum Gasteiger partial charge on any atom is 0.240 e. The second-order valence-corrected chi connectivity index (χ2v) is 9.01. The molecule has 0 radical (unpaired) electrons. The van der Waals surface area contributed by atoms with E-state index in [1.54, 1.807) is 6.07 Å². The summed E-state index contributed by atoms with van der Waals surface area (Å²) in [5.74, 6) is 2.25. The van der Waals surface area contributed by atoms with E-state index in [4.69, 9.17) is 18.9 Å².